The summed E-state index contributed by atoms with van der Waals surface area (Å²) in [4.78, 5) is 16.3. The average Bonchev–Trinajstić information content (AvgIpc) is 2.94. The number of rotatable bonds is 8. The maximum Gasteiger partial charge on any atom is 0.313 e. The van der Waals surface area contributed by atoms with Gasteiger partial charge in [0.25, 0.3) is 0 Å². The highest BCUT2D eigenvalue weighted by Crippen LogP contribution is 2.19. The molecular formula is C19H26N3O3-. The van der Waals surface area contributed by atoms with Gasteiger partial charge in [0.05, 0.1) is 18.7 Å². The number of aryl methyl sites for hydroxylation is 1. The number of carbonyl (C=O) groups is 1. The first kappa shape index (κ1) is 19.0. The second kappa shape index (κ2) is 8.67. The number of nitrogens with one attached hydrogen (secondary N) is 1. The minimum Gasteiger partial charge on any atom is -0.760 e. The predicted octanol–water partition coefficient (Wildman–Crippen LogP) is 3.65. The number of hydrogen-bond donors (Lipinski definition) is 1. The lowest BCUT2D eigenvalue weighted by atomic mass is 9.97. The molecule has 1 N–H and O–H groups in total. The van der Waals surface area contributed by atoms with Crippen molar-refractivity contribution in [1.29, 1.82) is 0 Å². The quantitative estimate of drug-likeness (QED) is 0.584. The van der Waals surface area contributed by atoms with E-state index in [2.05, 4.69) is 31.0 Å². The molecule has 1 atom stereocenters. The summed E-state index contributed by atoms with van der Waals surface area (Å²) in [7, 11) is 0. The van der Waals surface area contributed by atoms with Gasteiger partial charge in [-0.3, -0.25) is 4.79 Å². The van der Waals surface area contributed by atoms with E-state index in [1.165, 1.54) is 11.8 Å². The van der Waals surface area contributed by atoms with Crippen LogP contribution in [-0.4, -0.2) is 22.1 Å². The van der Waals surface area contributed by atoms with Crippen molar-refractivity contribution in [2.24, 2.45) is 5.92 Å². The average molecular weight is 344 g/mol. The van der Waals surface area contributed by atoms with Crippen molar-refractivity contribution in [3.05, 3.63) is 52.6 Å². The fraction of sp³-hybridized carbons (Fsp3) is 0.474. The third-order valence-corrected chi connectivity index (χ3v) is 4.20. The van der Waals surface area contributed by atoms with Crippen LogP contribution in [0.1, 0.15) is 43.6 Å². The van der Waals surface area contributed by atoms with Crippen LogP contribution >= 0.6 is 0 Å². The summed E-state index contributed by atoms with van der Waals surface area (Å²) >= 11 is 0. The van der Waals surface area contributed by atoms with Crippen LogP contribution < -0.4 is 5.48 Å². The van der Waals surface area contributed by atoms with Crippen LogP contribution in [-0.2, 0) is 22.5 Å². The smallest absolute Gasteiger partial charge is 0.313 e. The molecule has 0 aliphatic carbocycles. The summed E-state index contributed by atoms with van der Waals surface area (Å²) in [5, 5.41) is 10.8. The Morgan fingerprint density at radius 1 is 1.28 bits per heavy atom. The Labute approximate surface area is 148 Å². The number of imidazole rings is 1. The van der Waals surface area contributed by atoms with Crippen LogP contribution in [0.25, 0.3) is 0 Å². The molecule has 2 aromatic rings. The molecule has 0 aliphatic rings. The normalized spacial score (nSPS) is 12.2. The van der Waals surface area contributed by atoms with Gasteiger partial charge >= 0.3 is 5.97 Å². The lowest BCUT2D eigenvalue weighted by molar-refractivity contribution is -0.145. The van der Waals surface area contributed by atoms with Crippen molar-refractivity contribution < 1.29 is 9.53 Å². The van der Waals surface area contributed by atoms with Crippen LogP contribution in [0.2, 0.25) is 0 Å². The summed E-state index contributed by atoms with van der Waals surface area (Å²) < 4.78 is 7.05. The Balaban J connectivity index is 1.88. The zero-order valence-corrected chi connectivity index (χ0v) is 15.3. The van der Waals surface area contributed by atoms with Crippen molar-refractivity contribution in [3.63, 3.8) is 0 Å². The second-order valence-electron chi connectivity index (χ2n) is 6.67. The van der Waals surface area contributed by atoms with E-state index in [0.29, 0.717) is 24.1 Å². The molecule has 0 spiro atoms. The molecule has 0 saturated heterocycles. The van der Waals surface area contributed by atoms with E-state index in [4.69, 9.17) is 4.74 Å². The summed E-state index contributed by atoms with van der Waals surface area (Å²) in [5.41, 5.74) is 4.05. The van der Waals surface area contributed by atoms with Crippen LogP contribution in [0.5, 0.6) is 0 Å². The molecule has 0 bridgehead atoms. The summed E-state index contributed by atoms with van der Waals surface area (Å²) in [6.45, 7) is 8.59. The summed E-state index contributed by atoms with van der Waals surface area (Å²) in [5.74, 6) is 1.07. The zero-order chi connectivity index (χ0) is 18.4. The highest BCUT2D eigenvalue weighted by Gasteiger charge is 2.17. The number of nitrogens with zero attached hydrogens (tertiary/aromatic N) is 2. The molecule has 0 unspecified atom stereocenters. The Kier molecular flexibility index (Phi) is 6.58. The molecule has 136 valence electrons. The van der Waals surface area contributed by atoms with Crippen molar-refractivity contribution >= 4 is 11.8 Å². The second-order valence-corrected chi connectivity index (χ2v) is 6.67. The molecule has 0 aliphatic heterocycles. The Morgan fingerprint density at radius 2 is 1.96 bits per heavy atom. The van der Waals surface area contributed by atoms with E-state index < -0.39 is 0 Å². The van der Waals surface area contributed by atoms with E-state index in [9.17, 15) is 10.0 Å². The Morgan fingerprint density at radius 3 is 2.56 bits per heavy atom. The van der Waals surface area contributed by atoms with Crippen LogP contribution in [0, 0.1) is 18.0 Å². The van der Waals surface area contributed by atoms with Gasteiger partial charge < -0.3 is 20.0 Å². The number of benzene rings is 1. The van der Waals surface area contributed by atoms with E-state index in [-0.39, 0.29) is 18.5 Å². The third-order valence-electron chi connectivity index (χ3n) is 4.20. The van der Waals surface area contributed by atoms with Gasteiger partial charge in [-0.25, -0.2) is 4.98 Å². The van der Waals surface area contributed by atoms with Crippen molar-refractivity contribution in [2.45, 2.75) is 46.6 Å². The van der Waals surface area contributed by atoms with Gasteiger partial charge in [-0.1, -0.05) is 38.1 Å². The Bertz CT molecular complexity index is 692. The highest BCUT2D eigenvalue weighted by atomic mass is 16.5. The van der Waals surface area contributed by atoms with Gasteiger partial charge in [0.15, 0.2) is 0 Å². The molecule has 1 aromatic heterocycles. The number of esters is 1. The van der Waals surface area contributed by atoms with Gasteiger partial charge in [0.2, 0.25) is 0 Å². The molecule has 0 amide bonds. The van der Waals surface area contributed by atoms with Gasteiger partial charge in [0, 0.05) is 0 Å². The van der Waals surface area contributed by atoms with E-state index in [1.54, 1.807) is 11.5 Å². The van der Waals surface area contributed by atoms with Gasteiger partial charge in [0.1, 0.15) is 18.2 Å². The first-order valence-electron chi connectivity index (χ1n) is 8.58. The molecule has 1 aromatic carbocycles. The molecule has 6 heteroatoms. The first-order valence-corrected chi connectivity index (χ1v) is 8.58. The largest absolute Gasteiger partial charge is 0.760 e. The molecule has 0 fully saturated rings. The lowest BCUT2D eigenvalue weighted by Crippen LogP contribution is -2.17. The van der Waals surface area contributed by atoms with Gasteiger partial charge in [-0.05, 0) is 37.3 Å². The van der Waals surface area contributed by atoms with Crippen LogP contribution in [0.15, 0.2) is 30.5 Å². The number of carbonyl (C=O) groups excluding carboxylic acids is 1. The number of aromatic nitrogens is 2. The minimum atomic E-state index is -0.325. The molecule has 25 heavy (non-hydrogen) atoms. The molecule has 1 heterocycles. The topological polar surface area (TPSA) is 79.2 Å². The summed E-state index contributed by atoms with van der Waals surface area (Å²) in [6.07, 6.45) is 2.49. The van der Waals surface area contributed by atoms with Crippen LogP contribution in [0.3, 0.4) is 0 Å². The fourth-order valence-electron chi connectivity index (χ4n) is 2.74. The number of ether oxygens (including phenoxy) is 1. The van der Waals surface area contributed by atoms with Crippen molar-refractivity contribution in [1.82, 2.24) is 9.55 Å². The molecule has 2 rings (SSSR count). The standard InChI is InChI=1S/C19H26N3O3/c1-13(2)11-16-5-7-17(8-6-16)14(3)19(23)25-10-9-22-15(4)20-12-18(22)21-24/h5-8,12-14,21H,9-11H2,1-4H3/q-1/t14-/m0/s1. The molecule has 0 radical (unpaired) electrons. The first-order chi connectivity index (χ1) is 11.9. The van der Waals surface area contributed by atoms with Crippen molar-refractivity contribution in [2.75, 3.05) is 12.1 Å². The van der Waals surface area contributed by atoms with Crippen molar-refractivity contribution in [3.8, 4) is 0 Å². The van der Waals surface area contributed by atoms with Gasteiger partial charge in [-0.15, -0.1) is 0 Å². The monoisotopic (exact) mass is 344 g/mol. The molecule has 6 nitrogen and oxygen atoms in total. The van der Waals surface area contributed by atoms with Crippen LogP contribution in [0.4, 0.5) is 5.82 Å². The van der Waals surface area contributed by atoms with E-state index >= 15 is 0 Å². The zero-order valence-electron chi connectivity index (χ0n) is 15.3. The SMILES string of the molecule is Cc1ncc(N[O-])n1CCOC(=O)[C@@H](C)c1ccc(CC(C)C)cc1. The van der Waals surface area contributed by atoms with E-state index in [0.717, 1.165) is 12.0 Å². The summed E-state index contributed by atoms with van der Waals surface area (Å²) in [6, 6.07) is 8.12. The Hall–Kier alpha value is -2.34. The lowest BCUT2D eigenvalue weighted by Gasteiger charge is -2.16. The minimum absolute atomic E-state index is 0.195. The predicted molar refractivity (Wildman–Crippen MR) is 98.3 cm³/mol. The fourth-order valence-corrected chi connectivity index (χ4v) is 2.74. The maximum atomic E-state index is 12.2. The van der Waals surface area contributed by atoms with Gasteiger partial charge in [-0.2, -0.15) is 0 Å². The molecule has 0 saturated carbocycles. The highest BCUT2D eigenvalue weighted by molar-refractivity contribution is 5.77. The maximum absolute atomic E-state index is 12.2. The third kappa shape index (κ3) is 5.06. The molecular weight excluding hydrogens is 318 g/mol. The number of anilines is 1. The number of hydrogen-bond acceptors (Lipinski definition) is 5. The van der Waals surface area contributed by atoms with E-state index in [1.807, 2.05) is 24.5 Å².